The lowest BCUT2D eigenvalue weighted by atomic mass is 9.96. The van der Waals surface area contributed by atoms with Gasteiger partial charge in [0, 0.05) is 17.4 Å². The number of nitrogens with zero attached hydrogens (tertiary/aromatic N) is 3. The topological polar surface area (TPSA) is 106 Å². The Labute approximate surface area is 132 Å². The lowest BCUT2D eigenvalue weighted by molar-refractivity contribution is 0.182. The molecule has 2 heterocycles. The second-order valence-electron chi connectivity index (χ2n) is 5.85. The standard InChI is InChI=1S/C16H17N5O2/c1-16(2,17)10-5-7-11(8-6-10)19-13-12-4-3-9-18-14(12)21(23)15(22)20-13/h3-9,23H,17H2,1-2H3,(H,19,20,22). The van der Waals surface area contributed by atoms with Crippen molar-refractivity contribution in [2.45, 2.75) is 19.4 Å². The van der Waals surface area contributed by atoms with Crippen LogP contribution in [-0.2, 0) is 5.54 Å². The predicted octanol–water partition coefficient (Wildman–Crippen LogP) is 1.97. The van der Waals surface area contributed by atoms with Crippen LogP contribution in [0.2, 0.25) is 0 Å². The van der Waals surface area contributed by atoms with Crippen molar-refractivity contribution in [1.29, 1.82) is 0 Å². The summed E-state index contributed by atoms with van der Waals surface area (Å²) in [6, 6.07) is 11.0. The molecule has 1 aromatic carbocycles. The Morgan fingerprint density at radius 2 is 1.91 bits per heavy atom. The minimum absolute atomic E-state index is 0.148. The van der Waals surface area contributed by atoms with Gasteiger partial charge in [0.15, 0.2) is 5.65 Å². The largest absolute Gasteiger partial charge is 0.422 e. The molecule has 118 valence electrons. The number of hydrogen-bond acceptors (Lipinski definition) is 6. The van der Waals surface area contributed by atoms with Crippen LogP contribution in [0, 0.1) is 0 Å². The van der Waals surface area contributed by atoms with Gasteiger partial charge >= 0.3 is 5.69 Å². The average Bonchev–Trinajstić information content (AvgIpc) is 2.52. The van der Waals surface area contributed by atoms with Crippen LogP contribution in [-0.4, -0.2) is 19.9 Å². The molecule has 2 aromatic heterocycles. The number of benzene rings is 1. The van der Waals surface area contributed by atoms with Gasteiger partial charge in [-0.2, -0.15) is 4.98 Å². The summed E-state index contributed by atoms with van der Waals surface area (Å²) in [5.74, 6) is 0.336. The molecule has 0 saturated carbocycles. The van der Waals surface area contributed by atoms with Crippen LogP contribution >= 0.6 is 0 Å². The van der Waals surface area contributed by atoms with Crippen LogP contribution in [0.15, 0.2) is 47.4 Å². The van der Waals surface area contributed by atoms with Gasteiger partial charge in [-0.05, 0) is 43.7 Å². The molecule has 0 atom stereocenters. The minimum Gasteiger partial charge on any atom is -0.422 e. The van der Waals surface area contributed by atoms with Gasteiger partial charge in [-0.3, -0.25) is 0 Å². The second kappa shape index (κ2) is 5.36. The zero-order chi connectivity index (χ0) is 16.6. The summed E-state index contributed by atoms with van der Waals surface area (Å²) < 4.78 is 0.431. The van der Waals surface area contributed by atoms with E-state index in [1.807, 2.05) is 38.1 Å². The summed E-state index contributed by atoms with van der Waals surface area (Å²) in [6.07, 6.45) is 1.50. The third-order valence-electron chi connectivity index (χ3n) is 3.52. The summed E-state index contributed by atoms with van der Waals surface area (Å²) in [6.45, 7) is 3.86. The van der Waals surface area contributed by atoms with E-state index in [4.69, 9.17) is 5.73 Å². The first-order valence-corrected chi connectivity index (χ1v) is 7.10. The monoisotopic (exact) mass is 311 g/mol. The van der Waals surface area contributed by atoms with Gasteiger partial charge < -0.3 is 16.3 Å². The summed E-state index contributed by atoms with van der Waals surface area (Å²) in [5.41, 5.74) is 6.74. The highest BCUT2D eigenvalue weighted by Crippen LogP contribution is 2.23. The molecule has 3 aromatic rings. The van der Waals surface area contributed by atoms with E-state index in [-0.39, 0.29) is 5.65 Å². The van der Waals surface area contributed by atoms with Crippen LogP contribution in [0.5, 0.6) is 0 Å². The number of nitrogens with two attached hydrogens (primary N) is 1. The number of pyridine rings is 1. The Kier molecular flexibility index (Phi) is 3.49. The number of anilines is 2. The number of aromatic nitrogens is 3. The highest BCUT2D eigenvalue weighted by atomic mass is 16.5. The zero-order valence-corrected chi connectivity index (χ0v) is 12.8. The number of nitrogens with one attached hydrogen (secondary N) is 1. The Hall–Kier alpha value is -2.93. The molecular formula is C16H17N5O2. The van der Waals surface area contributed by atoms with Crippen LogP contribution in [0.25, 0.3) is 11.0 Å². The molecule has 0 aliphatic heterocycles. The summed E-state index contributed by atoms with van der Waals surface area (Å²) in [5, 5.41) is 13.3. The van der Waals surface area contributed by atoms with Gasteiger partial charge in [0.2, 0.25) is 0 Å². The van der Waals surface area contributed by atoms with Crippen LogP contribution in [0.4, 0.5) is 11.5 Å². The van der Waals surface area contributed by atoms with E-state index in [1.54, 1.807) is 12.1 Å². The van der Waals surface area contributed by atoms with E-state index >= 15 is 0 Å². The molecule has 0 fully saturated rings. The van der Waals surface area contributed by atoms with Crippen molar-refractivity contribution in [3.8, 4) is 0 Å². The molecule has 0 aliphatic rings. The predicted molar refractivity (Wildman–Crippen MR) is 87.9 cm³/mol. The molecule has 0 bridgehead atoms. The Morgan fingerprint density at radius 1 is 1.22 bits per heavy atom. The van der Waals surface area contributed by atoms with Crippen molar-refractivity contribution in [3.63, 3.8) is 0 Å². The molecule has 0 amide bonds. The number of hydrogen-bond donors (Lipinski definition) is 3. The SMILES string of the molecule is CC(C)(N)c1ccc(Nc2nc(=O)n(O)c3ncccc23)cc1. The highest BCUT2D eigenvalue weighted by Gasteiger charge is 2.14. The smallest absolute Gasteiger partial charge is 0.384 e. The van der Waals surface area contributed by atoms with Crippen LogP contribution in [0.3, 0.4) is 0 Å². The van der Waals surface area contributed by atoms with Crippen molar-refractivity contribution >= 4 is 22.5 Å². The van der Waals surface area contributed by atoms with E-state index in [1.165, 1.54) is 6.20 Å². The maximum absolute atomic E-state index is 11.7. The average molecular weight is 311 g/mol. The Morgan fingerprint density at radius 3 is 2.57 bits per heavy atom. The van der Waals surface area contributed by atoms with Crippen molar-refractivity contribution in [2.24, 2.45) is 5.73 Å². The van der Waals surface area contributed by atoms with Gasteiger partial charge in [0.25, 0.3) is 0 Å². The molecular weight excluding hydrogens is 294 g/mol. The molecule has 7 heteroatoms. The van der Waals surface area contributed by atoms with E-state index < -0.39 is 11.2 Å². The van der Waals surface area contributed by atoms with E-state index in [0.717, 1.165) is 11.3 Å². The summed E-state index contributed by atoms with van der Waals surface area (Å²) in [7, 11) is 0. The lowest BCUT2D eigenvalue weighted by Gasteiger charge is -2.19. The third-order valence-corrected chi connectivity index (χ3v) is 3.52. The molecule has 7 nitrogen and oxygen atoms in total. The first-order valence-electron chi connectivity index (χ1n) is 7.10. The van der Waals surface area contributed by atoms with Gasteiger partial charge in [0.1, 0.15) is 5.82 Å². The summed E-state index contributed by atoms with van der Waals surface area (Å²) in [4.78, 5) is 19.6. The van der Waals surface area contributed by atoms with E-state index in [9.17, 15) is 10.0 Å². The van der Waals surface area contributed by atoms with Gasteiger partial charge in [-0.15, -0.1) is 4.73 Å². The maximum Gasteiger partial charge on any atom is 0.384 e. The molecule has 0 aliphatic carbocycles. The van der Waals surface area contributed by atoms with E-state index in [2.05, 4.69) is 15.3 Å². The highest BCUT2D eigenvalue weighted by molar-refractivity contribution is 5.88. The van der Waals surface area contributed by atoms with Gasteiger partial charge in [-0.1, -0.05) is 12.1 Å². The molecule has 4 N–H and O–H groups in total. The number of rotatable bonds is 3. The van der Waals surface area contributed by atoms with E-state index in [0.29, 0.717) is 15.9 Å². The Bertz CT molecular complexity index is 910. The molecule has 0 spiro atoms. The quantitative estimate of drug-likeness (QED) is 0.638. The fraction of sp³-hybridized carbons (Fsp3) is 0.188. The van der Waals surface area contributed by atoms with Gasteiger partial charge in [0.05, 0.1) is 5.39 Å². The molecule has 0 unspecified atom stereocenters. The zero-order valence-electron chi connectivity index (χ0n) is 12.8. The van der Waals surface area contributed by atoms with Crippen molar-refractivity contribution in [2.75, 3.05) is 5.32 Å². The normalized spacial score (nSPS) is 11.6. The number of fused-ring (bicyclic) bond motifs is 1. The fourth-order valence-corrected chi connectivity index (χ4v) is 2.26. The molecule has 3 rings (SSSR count). The minimum atomic E-state index is -0.793. The maximum atomic E-state index is 11.7. The second-order valence-corrected chi connectivity index (χ2v) is 5.85. The molecule has 0 saturated heterocycles. The molecule has 0 radical (unpaired) electrons. The molecule has 23 heavy (non-hydrogen) atoms. The third kappa shape index (κ3) is 2.86. The Balaban J connectivity index is 2.02. The van der Waals surface area contributed by atoms with Crippen LogP contribution < -0.4 is 16.7 Å². The first kappa shape index (κ1) is 15.0. The van der Waals surface area contributed by atoms with Crippen molar-refractivity contribution in [1.82, 2.24) is 14.7 Å². The fourth-order valence-electron chi connectivity index (χ4n) is 2.26. The van der Waals surface area contributed by atoms with Crippen LogP contribution in [0.1, 0.15) is 19.4 Å². The van der Waals surface area contributed by atoms with Crippen molar-refractivity contribution in [3.05, 3.63) is 58.6 Å². The van der Waals surface area contributed by atoms with Crippen molar-refractivity contribution < 1.29 is 5.21 Å². The lowest BCUT2D eigenvalue weighted by Crippen LogP contribution is -2.28. The van der Waals surface area contributed by atoms with Gasteiger partial charge in [-0.25, -0.2) is 9.78 Å². The first-order chi connectivity index (χ1) is 10.9. The summed E-state index contributed by atoms with van der Waals surface area (Å²) >= 11 is 0.